The number of aromatic nitrogens is 2. The van der Waals surface area contributed by atoms with Gasteiger partial charge in [0.1, 0.15) is 5.01 Å². The average Bonchev–Trinajstić information content (AvgIpc) is 2.52. The molecule has 0 bridgehead atoms. The van der Waals surface area contributed by atoms with Gasteiger partial charge in [0.2, 0.25) is 11.0 Å². The fourth-order valence-electron chi connectivity index (χ4n) is 0.745. The van der Waals surface area contributed by atoms with Crippen LogP contribution in [0.1, 0.15) is 18.9 Å². The number of hydrogen-bond acceptors (Lipinski definition) is 4. The molecular weight excluding hydrogens is 186 g/mol. The van der Waals surface area contributed by atoms with Gasteiger partial charge in [0.05, 0.1) is 0 Å². The second-order valence-corrected chi connectivity index (χ2v) is 3.41. The summed E-state index contributed by atoms with van der Waals surface area (Å²) in [6.45, 7) is 3.79. The zero-order valence-electron chi connectivity index (χ0n) is 7.57. The van der Waals surface area contributed by atoms with Gasteiger partial charge in [0.25, 0.3) is 0 Å². The summed E-state index contributed by atoms with van der Waals surface area (Å²) >= 11 is 1.40. The van der Waals surface area contributed by atoms with E-state index in [-0.39, 0.29) is 5.91 Å². The Hall–Kier alpha value is -1.23. The maximum Gasteiger partial charge on any atom is 0.249 e. The second-order valence-electron chi connectivity index (χ2n) is 2.34. The molecular formula is C8H11N3OS. The van der Waals surface area contributed by atoms with Crippen LogP contribution < -0.4 is 5.32 Å². The molecule has 0 aliphatic rings. The second kappa shape index (κ2) is 4.71. The fraction of sp³-hybridized carbons (Fsp3) is 0.375. The molecule has 1 aromatic heterocycles. The molecule has 0 aliphatic carbocycles. The van der Waals surface area contributed by atoms with Crippen LogP contribution in [0.25, 0.3) is 0 Å². The highest BCUT2D eigenvalue weighted by molar-refractivity contribution is 7.15. The van der Waals surface area contributed by atoms with Gasteiger partial charge in [-0.05, 0) is 19.4 Å². The highest BCUT2D eigenvalue weighted by Gasteiger charge is 2.03. The van der Waals surface area contributed by atoms with Gasteiger partial charge >= 0.3 is 0 Å². The number of nitrogens with zero attached hydrogens (tertiary/aromatic N) is 2. The third-order valence-electron chi connectivity index (χ3n) is 1.32. The Kier molecular flexibility index (Phi) is 3.57. The number of allylic oxidation sites excluding steroid dienone is 1. The van der Waals surface area contributed by atoms with Crippen molar-refractivity contribution in [1.29, 1.82) is 0 Å². The number of carbonyl (C=O) groups is 1. The molecule has 5 heteroatoms. The largest absolute Gasteiger partial charge is 0.297 e. The lowest BCUT2D eigenvalue weighted by atomic mass is 10.5. The van der Waals surface area contributed by atoms with Crippen LogP contribution >= 0.6 is 11.3 Å². The van der Waals surface area contributed by atoms with Crippen molar-refractivity contribution < 1.29 is 4.79 Å². The summed E-state index contributed by atoms with van der Waals surface area (Å²) in [5.41, 5.74) is 0. The molecule has 1 rings (SSSR count). The number of hydrogen-bond donors (Lipinski definition) is 1. The van der Waals surface area contributed by atoms with Crippen molar-refractivity contribution in [1.82, 2.24) is 10.2 Å². The van der Waals surface area contributed by atoms with Crippen LogP contribution in [0.2, 0.25) is 0 Å². The molecule has 70 valence electrons. The monoisotopic (exact) mass is 197 g/mol. The minimum Gasteiger partial charge on any atom is -0.297 e. The van der Waals surface area contributed by atoms with E-state index in [0.717, 1.165) is 11.4 Å². The van der Waals surface area contributed by atoms with E-state index in [0.29, 0.717) is 5.13 Å². The van der Waals surface area contributed by atoms with E-state index in [1.54, 1.807) is 13.0 Å². The Morgan fingerprint density at radius 2 is 2.38 bits per heavy atom. The normalized spacial score (nSPS) is 10.6. The summed E-state index contributed by atoms with van der Waals surface area (Å²) in [7, 11) is 0. The lowest BCUT2D eigenvalue weighted by Gasteiger charge is -1.92. The van der Waals surface area contributed by atoms with Gasteiger partial charge in [-0.2, -0.15) is 0 Å². The predicted octanol–water partition coefficient (Wildman–Crippen LogP) is 1.62. The summed E-state index contributed by atoms with van der Waals surface area (Å²) in [5.74, 6) is -0.165. The summed E-state index contributed by atoms with van der Waals surface area (Å²) in [6, 6.07) is 0. The van der Waals surface area contributed by atoms with Gasteiger partial charge in [-0.25, -0.2) is 0 Å². The molecule has 0 aliphatic heterocycles. The van der Waals surface area contributed by atoms with Crippen LogP contribution in [-0.2, 0) is 11.2 Å². The van der Waals surface area contributed by atoms with Crippen molar-refractivity contribution in [2.24, 2.45) is 0 Å². The SMILES string of the molecule is C/C=C/C(=O)Nc1nnc(CC)s1. The quantitative estimate of drug-likeness (QED) is 0.749. The number of aryl methyl sites for hydroxylation is 1. The predicted molar refractivity (Wildman–Crippen MR) is 52.7 cm³/mol. The molecule has 4 nitrogen and oxygen atoms in total. The van der Waals surface area contributed by atoms with Crippen LogP contribution in [0.5, 0.6) is 0 Å². The smallest absolute Gasteiger partial charge is 0.249 e. The molecule has 1 N–H and O–H groups in total. The first-order chi connectivity index (χ1) is 6.26. The number of amides is 1. The Bertz CT molecular complexity index is 319. The molecule has 0 fully saturated rings. The van der Waals surface area contributed by atoms with Gasteiger partial charge in [-0.1, -0.05) is 24.3 Å². The molecule has 0 atom stereocenters. The van der Waals surface area contributed by atoms with E-state index >= 15 is 0 Å². The Balaban J connectivity index is 2.58. The minimum absolute atomic E-state index is 0.165. The number of rotatable bonds is 3. The van der Waals surface area contributed by atoms with Crippen molar-refractivity contribution >= 4 is 22.4 Å². The maximum absolute atomic E-state index is 11.1. The van der Waals surface area contributed by atoms with Crippen molar-refractivity contribution in [3.63, 3.8) is 0 Å². The minimum atomic E-state index is -0.165. The van der Waals surface area contributed by atoms with Crippen LogP contribution in [0, 0.1) is 0 Å². The van der Waals surface area contributed by atoms with Crippen molar-refractivity contribution in [2.75, 3.05) is 5.32 Å². The Labute approximate surface area is 80.7 Å². The fourth-order valence-corrected chi connectivity index (χ4v) is 1.43. The van der Waals surface area contributed by atoms with Crippen molar-refractivity contribution in [3.05, 3.63) is 17.2 Å². The highest BCUT2D eigenvalue weighted by Crippen LogP contribution is 2.14. The van der Waals surface area contributed by atoms with Gasteiger partial charge in [0.15, 0.2) is 0 Å². The maximum atomic E-state index is 11.1. The Morgan fingerprint density at radius 3 is 2.92 bits per heavy atom. The molecule has 1 heterocycles. The van der Waals surface area contributed by atoms with Gasteiger partial charge < -0.3 is 0 Å². The number of nitrogens with one attached hydrogen (secondary N) is 1. The molecule has 0 saturated carbocycles. The lowest BCUT2D eigenvalue weighted by molar-refractivity contribution is -0.111. The van der Waals surface area contributed by atoms with Gasteiger partial charge in [0, 0.05) is 0 Å². The molecule has 0 saturated heterocycles. The summed E-state index contributed by atoms with van der Waals surface area (Å²) < 4.78 is 0. The molecule has 1 aromatic rings. The van der Waals surface area contributed by atoms with E-state index in [1.807, 2.05) is 6.92 Å². The third-order valence-corrected chi connectivity index (χ3v) is 2.30. The van der Waals surface area contributed by atoms with E-state index in [4.69, 9.17) is 0 Å². The average molecular weight is 197 g/mol. The van der Waals surface area contributed by atoms with Crippen LogP contribution in [0.15, 0.2) is 12.2 Å². The van der Waals surface area contributed by atoms with Gasteiger partial charge in [-0.3, -0.25) is 10.1 Å². The summed E-state index contributed by atoms with van der Waals surface area (Å²) in [5, 5.41) is 11.8. The summed E-state index contributed by atoms with van der Waals surface area (Å²) in [4.78, 5) is 11.1. The van der Waals surface area contributed by atoms with Crippen LogP contribution in [-0.4, -0.2) is 16.1 Å². The lowest BCUT2D eigenvalue weighted by Crippen LogP contribution is -2.07. The van der Waals surface area contributed by atoms with Gasteiger partial charge in [-0.15, -0.1) is 10.2 Å². The topological polar surface area (TPSA) is 54.9 Å². The summed E-state index contributed by atoms with van der Waals surface area (Å²) in [6.07, 6.45) is 3.97. The van der Waals surface area contributed by atoms with E-state index < -0.39 is 0 Å². The van der Waals surface area contributed by atoms with Crippen LogP contribution in [0.4, 0.5) is 5.13 Å². The van der Waals surface area contributed by atoms with E-state index in [1.165, 1.54) is 17.4 Å². The first kappa shape index (κ1) is 9.85. The molecule has 0 spiro atoms. The molecule has 0 unspecified atom stereocenters. The van der Waals surface area contributed by atoms with Crippen molar-refractivity contribution in [3.8, 4) is 0 Å². The zero-order chi connectivity index (χ0) is 9.68. The standard InChI is InChI=1S/C8H11N3OS/c1-3-5-6(12)9-8-11-10-7(4-2)13-8/h3,5H,4H2,1-2H3,(H,9,11,12)/b5-3+. The molecule has 1 amide bonds. The highest BCUT2D eigenvalue weighted by atomic mass is 32.1. The first-order valence-electron chi connectivity index (χ1n) is 4.02. The molecule has 0 radical (unpaired) electrons. The van der Waals surface area contributed by atoms with E-state index in [2.05, 4.69) is 15.5 Å². The first-order valence-corrected chi connectivity index (χ1v) is 4.84. The number of anilines is 1. The molecule has 13 heavy (non-hydrogen) atoms. The Morgan fingerprint density at radius 1 is 1.62 bits per heavy atom. The van der Waals surface area contributed by atoms with Crippen molar-refractivity contribution in [2.45, 2.75) is 20.3 Å². The van der Waals surface area contributed by atoms with Crippen LogP contribution in [0.3, 0.4) is 0 Å². The number of carbonyl (C=O) groups excluding carboxylic acids is 1. The zero-order valence-corrected chi connectivity index (χ0v) is 8.39. The third kappa shape index (κ3) is 2.95. The molecule has 0 aromatic carbocycles. The van der Waals surface area contributed by atoms with E-state index in [9.17, 15) is 4.79 Å².